The van der Waals surface area contributed by atoms with Crippen molar-refractivity contribution in [2.75, 3.05) is 6.54 Å². The molecule has 0 radical (unpaired) electrons. The fourth-order valence-electron chi connectivity index (χ4n) is 2.09. The first-order valence-corrected chi connectivity index (χ1v) is 6.72. The third kappa shape index (κ3) is 3.57. The summed E-state index contributed by atoms with van der Waals surface area (Å²) in [5, 5.41) is 0. The van der Waals surface area contributed by atoms with Crippen molar-refractivity contribution in [3.8, 4) is 0 Å². The Labute approximate surface area is 118 Å². The van der Waals surface area contributed by atoms with Crippen LogP contribution in [0.15, 0.2) is 53.5 Å². The number of aromatic amines is 1. The molecule has 0 saturated heterocycles. The molecule has 2 aromatic rings. The van der Waals surface area contributed by atoms with E-state index in [1.54, 1.807) is 11.0 Å². The van der Waals surface area contributed by atoms with Gasteiger partial charge in [-0.2, -0.15) is 0 Å². The molecular formula is C16H18N2O2. The van der Waals surface area contributed by atoms with Gasteiger partial charge in [0, 0.05) is 30.9 Å². The van der Waals surface area contributed by atoms with Gasteiger partial charge in [-0.25, -0.2) is 0 Å². The van der Waals surface area contributed by atoms with Gasteiger partial charge in [0.1, 0.15) is 0 Å². The monoisotopic (exact) mass is 270 g/mol. The number of nitrogens with one attached hydrogen (secondary N) is 1. The number of aromatic nitrogens is 1. The Kier molecular flexibility index (Phi) is 4.71. The molecule has 1 aromatic heterocycles. The predicted octanol–water partition coefficient (Wildman–Crippen LogP) is 2.43. The quantitative estimate of drug-likeness (QED) is 0.907. The van der Waals surface area contributed by atoms with Crippen molar-refractivity contribution in [3.05, 3.63) is 70.1 Å². The lowest BCUT2D eigenvalue weighted by atomic mass is 10.1. The topological polar surface area (TPSA) is 53.2 Å². The van der Waals surface area contributed by atoms with Crippen LogP contribution in [0.2, 0.25) is 0 Å². The second kappa shape index (κ2) is 6.70. The molecule has 1 amide bonds. The molecule has 1 aromatic carbocycles. The first-order chi connectivity index (χ1) is 9.70. The van der Waals surface area contributed by atoms with Gasteiger partial charge in [-0.3, -0.25) is 9.59 Å². The highest BCUT2D eigenvalue weighted by Crippen LogP contribution is 2.09. The molecule has 0 fully saturated rings. The van der Waals surface area contributed by atoms with Gasteiger partial charge >= 0.3 is 0 Å². The van der Waals surface area contributed by atoms with Crippen molar-refractivity contribution in [3.63, 3.8) is 0 Å². The molecule has 0 atom stereocenters. The molecule has 0 saturated carbocycles. The van der Waals surface area contributed by atoms with Crippen LogP contribution in [-0.2, 0) is 6.54 Å². The predicted molar refractivity (Wildman–Crippen MR) is 78.5 cm³/mol. The van der Waals surface area contributed by atoms with Gasteiger partial charge in [0.15, 0.2) is 0 Å². The van der Waals surface area contributed by atoms with Crippen LogP contribution in [0, 0.1) is 0 Å². The molecule has 0 aliphatic heterocycles. The Hall–Kier alpha value is -2.36. The van der Waals surface area contributed by atoms with E-state index >= 15 is 0 Å². The Morgan fingerprint density at radius 2 is 1.95 bits per heavy atom. The first kappa shape index (κ1) is 14.1. The highest BCUT2D eigenvalue weighted by molar-refractivity contribution is 5.94. The highest BCUT2D eigenvalue weighted by Gasteiger charge is 2.15. The van der Waals surface area contributed by atoms with E-state index in [4.69, 9.17) is 0 Å². The standard InChI is InChI=1S/C16H18N2O2/c1-2-10-18(12-13-6-4-3-5-7-13)16(20)14-8-9-17-15(19)11-14/h3-9,11H,2,10,12H2,1H3,(H,17,19). The van der Waals surface area contributed by atoms with Gasteiger partial charge in [-0.15, -0.1) is 0 Å². The normalized spacial score (nSPS) is 10.2. The Balaban J connectivity index is 2.20. The molecule has 1 N–H and O–H groups in total. The summed E-state index contributed by atoms with van der Waals surface area (Å²) in [6, 6.07) is 12.8. The number of benzene rings is 1. The van der Waals surface area contributed by atoms with Crippen LogP contribution in [0.3, 0.4) is 0 Å². The number of hydrogen-bond acceptors (Lipinski definition) is 2. The van der Waals surface area contributed by atoms with Crippen LogP contribution >= 0.6 is 0 Å². The summed E-state index contributed by atoms with van der Waals surface area (Å²) in [5.41, 5.74) is 1.25. The molecule has 0 aliphatic rings. The molecule has 4 nitrogen and oxygen atoms in total. The molecule has 0 unspecified atom stereocenters. The average Bonchev–Trinajstić information content (AvgIpc) is 2.47. The fraction of sp³-hybridized carbons (Fsp3) is 0.250. The smallest absolute Gasteiger partial charge is 0.254 e. The lowest BCUT2D eigenvalue weighted by molar-refractivity contribution is 0.0743. The molecule has 2 rings (SSSR count). The molecule has 0 bridgehead atoms. The number of nitrogens with zero attached hydrogens (tertiary/aromatic N) is 1. The summed E-state index contributed by atoms with van der Waals surface area (Å²) in [6.07, 6.45) is 2.38. The third-order valence-electron chi connectivity index (χ3n) is 3.02. The van der Waals surface area contributed by atoms with E-state index in [1.165, 1.54) is 12.3 Å². The third-order valence-corrected chi connectivity index (χ3v) is 3.02. The maximum absolute atomic E-state index is 12.5. The Bertz CT molecular complexity index is 620. The van der Waals surface area contributed by atoms with Gasteiger partial charge in [0.05, 0.1) is 0 Å². The zero-order chi connectivity index (χ0) is 14.4. The number of carbonyl (C=O) groups is 1. The number of H-pyrrole nitrogens is 1. The van der Waals surface area contributed by atoms with Crippen LogP contribution in [0.4, 0.5) is 0 Å². The minimum absolute atomic E-state index is 0.109. The van der Waals surface area contributed by atoms with Crippen molar-refractivity contribution < 1.29 is 4.79 Å². The van der Waals surface area contributed by atoms with E-state index in [0.717, 1.165) is 12.0 Å². The van der Waals surface area contributed by atoms with E-state index in [-0.39, 0.29) is 11.5 Å². The van der Waals surface area contributed by atoms with E-state index in [2.05, 4.69) is 4.98 Å². The maximum atomic E-state index is 12.5. The van der Waals surface area contributed by atoms with Gasteiger partial charge in [0.25, 0.3) is 5.91 Å². The van der Waals surface area contributed by atoms with E-state index in [9.17, 15) is 9.59 Å². The zero-order valence-corrected chi connectivity index (χ0v) is 11.5. The maximum Gasteiger partial charge on any atom is 0.254 e. The Morgan fingerprint density at radius 1 is 1.20 bits per heavy atom. The van der Waals surface area contributed by atoms with Crippen LogP contribution in [0.1, 0.15) is 29.3 Å². The second-order valence-electron chi connectivity index (χ2n) is 4.65. The molecular weight excluding hydrogens is 252 g/mol. The van der Waals surface area contributed by atoms with Crippen molar-refractivity contribution in [1.82, 2.24) is 9.88 Å². The minimum atomic E-state index is -0.257. The van der Waals surface area contributed by atoms with Gasteiger partial charge in [-0.1, -0.05) is 37.3 Å². The van der Waals surface area contributed by atoms with Crippen LogP contribution < -0.4 is 5.56 Å². The molecule has 1 heterocycles. The SMILES string of the molecule is CCCN(Cc1ccccc1)C(=O)c1cc[nH]c(=O)c1. The van der Waals surface area contributed by atoms with Crippen LogP contribution in [0.5, 0.6) is 0 Å². The van der Waals surface area contributed by atoms with Gasteiger partial charge in [0.2, 0.25) is 5.56 Å². The number of carbonyl (C=O) groups excluding carboxylic acids is 1. The van der Waals surface area contributed by atoms with E-state index in [1.807, 2.05) is 37.3 Å². The zero-order valence-electron chi connectivity index (χ0n) is 11.5. The van der Waals surface area contributed by atoms with Crippen LogP contribution in [-0.4, -0.2) is 22.3 Å². The van der Waals surface area contributed by atoms with Gasteiger partial charge in [-0.05, 0) is 18.1 Å². The summed E-state index contributed by atoms with van der Waals surface area (Å²) >= 11 is 0. The van der Waals surface area contributed by atoms with E-state index in [0.29, 0.717) is 18.7 Å². The summed E-state index contributed by atoms with van der Waals surface area (Å²) < 4.78 is 0. The molecule has 104 valence electrons. The molecule has 20 heavy (non-hydrogen) atoms. The van der Waals surface area contributed by atoms with E-state index < -0.39 is 0 Å². The lowest BCUT2D eigenvalue weighted by Gasteiger charge is -2.22. The number of rotatable bonds is 5. The minimum Gasteiger partial charge on any atom is -0.334 e. The number of amides is 1. The van der Waals surface area contributed by atoms with Crippen molar-refractivity contribution in [2.45, 2.75) is 19.9 Å². The summed E-state index contributed by atoms with van der Waals surface area (Å²) in [7, 11) is 0. The molecule has 4 heteroatoms. The number of hydrogen-bond donors (Lipinski definition) is 1. The largest absolute Gasteiger partial charge is 0.334 e. The highest BCUT2D eigenvalue weighted by atomic mass is 16.2. The summed E-state index contributed by atoms with van der Waals surface area (Å²) in [4.78, 5) is 28.1. The van der Waals surface area contributed by atoms with Crippen molar-refractivity contribution in [1.29, 1.82) is 0 Å². The van der Waals surface area contributed by atoms with Crippen molar-refractivity contribution >= 4 is 5.91 Å². The molecule has 0 aliphatic carbocycles. The summed E-state index contributed by atoms with van der Waals surface area (Å²) in [5.74, 6) is -0.109. The first-order valence-electron chi connectivity index (χ1n) is 6.72. The van der Waals surface area contributed by atoms with Gasteiger partial charge < -0.3 is 9.88 Å². The second-order valence-corrected chi connectivity index (χ2v) is 4.65. The average molecular weight is 270 g/mol. The molecule has 0 spiro atoms. The number of pyridine rings is 1. The van der Waals surface area contributed by atoms with Crippen LogP contribution in [0.25, 0.3) is 0 Å². The van der Waals surface area contributed by atoms with Crippen molar-refractivity contribution in [2.24, 2.45) is 0 Å². The Morgan fingerprint density at radius 3 is 2.60 bits per heavy atom. The fourth-order valence-corrected chi connectivity index (χ4v) is 2.09. The summed E-state index contributed by atoms with van der Waals surface area (Å²) in [6.45, 7) is 3.25. The lowest BCUT2D eigenvalue weighted by Crippen LogP contribution is -2.32.